The van der Waals surface area contributed by atoms with E-state index in [4.69, 9.17) is 9.26 Å². The quantitative estimate of drug-likeness (QED) is 0.702. The fourth-order valence-electron chi connectivity index (χ4n) is 2.91. The molecule has 1 amide bonds. The van der Waals surface area contributed by atoms with E-state index in [1.165, 1.54) is 0 Å². The van der Waals surface area contributed by atoms with Gasteiger partial charge >= 0.3 is 0 Å². The topological polar surface area (TPSA) is 81.4 Å². The van der Waals surface area contributed by atoms with Gasteiger partial charge in [0.15, 0.2) is 0 Å². The molecule has 26 heavy (non-hydrogen) atoms. The summed E-state index contributed by atoms with van der Waals surface area (Å²) in [6.07, 6.45) is 2.04. The van der Waals surface area contributed by atoms with Gasteiger partial charge in [0, 0.05) is 19.3 Å². The second-order valence-corrected chi connectivity index (χ2v) is 6.20. The van der Waals surface area contributed by atoms with Gasteiger partial charge in [-0.05, 0) is 29.8 Å². The predicted octanol–water partition coefficient (Wildman–Crippen LogP) is 2.31. The van der Waals surface area contributed by atoms with Crippen molar-refractivity contribution in [2.45, 2.75) is 12.3 Å². The Labute approximate surface area is 150 Å². The molecule has 4 rings (SSSR count). The number of amides is 1. The third-order valence-electron chi connectivity index (χ3n) is 4.41. The molecule has 1 aliphatic rings. The molecule has 1 aromatic carbocycles. The van der Waals surface area contributed by atoms with Crippen LogP contribution in [0.3, 0.4) is 0 Å². The number of nitrogens with zero attached hydrogens (tertiary/aromatic N) is 4. The van der Waals surface area contributed by atoms with Crippen molar-refractivity contribution in [3.63, 3.8) is 0 Å². The lowest BCUT2D eigenvalue weighted by Crippen LogP contribution is -2.49. The van der Waals surface area contributed by atoms with Crippen LogP contribution >= 0.6 is 0 Å². The number of rotatable bonds is 5. The molecule has 0 saturated carbocycles. The normalized spacial score (nSPS) is 14.1. The maximum absolute atomic E-state index is 12.4. The van der Waals surface area contributed by atoms with E-state index in [1.54, 1.807) is 18.2 Å². The largest absolute Gasteiger partial charge is 0.497 e. The Morgan fingerprint density at radius 3 is 2.92 bits per heavy atom. The molecule has 1 saturated heterocycles. The van der Waals surface area contributed by atoms with Crippen molar-refractivity contribution in [1.82, 2.24) is 20.0 Å². The first kappa shape index (κ1) is 16.3. The number of aromatic nitrogens is 3. The fraction of sp³-hybridized carbons (Fsp3) is 0.263. The number of benzene rings is 1. The van der Waals surface area contributed by atoms with E-state index in [2.05, 4.69) is 15.1 Å². The molecule has 1 fully saturated rings. The molecule has 0 radical (unpaired) electrons. The smallest absolute Gasteiger partial charge is 0.233 e. The highest BCUT2D eigenvalue weighted by atomic mass is 16.5. The molecular weight excluding hydrogens is 332 g/mol. The van der Waals surface area contributed by atoms with Crippen molar-refractivity contribution in [3.05, 3.63) is 60.1 Å². The summed E-state index contributed by atoms with van der Waals surface area (Å²) in [7, 11) is 1.62. The summed E-state index contributed by atoms with van der Waals surface area (Å²) in [5.74, 6) is 1.94. The lowest BCUT2D eigenvalue weighted by Gasteiger charge is -2.37. The second kappa shape index (κ2) is 6.95. The maximum atomic E-state index is 12.4. The first-order chi connectivity index (χ1) is 12.7. The molecule has 1 aliphatic heterocycles. The van der Waals surface area contributed by atoms with Crippen molar-refractivity contribution < 1.29 is 14.1 Å². The first-order valence-corrected chi connectivity index (χ1v) is 8.38. The minimum Gasteiger partial charge on any atom is -0.497 e. The van der Waals surface area contributed by atoms with Gasteiger partial charge in [0.25, 0.3) is 0 Å². The van der Waals surface area contributed by atoms with Crippen LogP contribution in [0.1, 0.15) is 17.4 Å². The summed E-state index contributed by atoms with van der Waals surface area (Å²) < 4.78 is 10.5. The summed E-state index contributed by atoms with van der Waals surface area (Å²) in [5.41, 5.74) is 1.61. The van der Waals surface area contributed by atoms with Gasteiger partial charge in [-0.2, -0.15) is 4.98 Å². The molecule has 132 valence electrons. The van der Waals surface area contributed by atoms with Crippen LogP contribution in [0, 0.1) is 0 Å². The van der Waals surface area contributed by atoms with Gasteiger partial charge in [0.05, 0.1) is 19.4 Å². The van der Waals surface area contributed by atoms with Crippen LogP contribution in [0.25, 0.3) is 11.5 Å². The van der Waals surface area contributed by atoms with E-state index in [9.17, 15) is 4.79 Å². The van der Waals surface area contributed by atoms with Crippen LogP contribution in [0.15, 0.2) is 53.2 Å². The number of methoxy groups -OCH3 is 1. The lowest BCUT2D eigenvalue weighted by atomic mass is 9.98. The highest BCUT2D eigenvalue weighted by Gasteiger charge is 2.35. The molecule has 0 N–H and O–H groups in total. The molecule has 3 aromatic rings. The SMILES string of the molecule is COc1cccc(CC(=O)N2CC(c3nc(-c4ccccn4)no3)C2)c1. The predicted molar refractivity (Wildman–Crippen MR) is 93.5 cm³/mol. The van der Waals surface area contributed by atoms with E-state index in [0.29, 0.717) is 36.9 Å². The fourth-order valence-corrected chi connectivity index (χ4v) is 2.91. The first-order valence-electron chi connectivity index (χ1n) is 8.38. The van der Waals surface area contributed by atoms with E-state index < -0.39 is 0 Å². The minimum absolute atomic E-state index is 0.0780. The molecule has 2 aromatic heterocycles. The van der Waals surface area contributed by atoms with Gasteiger partial charge in [-0.1, -0.05) is 23.4 Å². The lowest BCUT2D eigenvalue weighted by molar-refractivity contribution is -0.135. The van der Waals surface area contributed by atoms with Crippen LogP contribution in [0.2, 0.25) is 0 Å². The number of carbonyl (C=O) groups is 1. The number of likely N-dealkylation sites (tertiary alicyclic amines) is 1. The third kappa shape index (κ3) is 3.28. The van der Waals surface area contributed by atoms with Crippen molar-refractivity contribution >= 4 is 5.91 Å². The Kier molecular flexibility index (Phi) is 4.35. The average molecular weight is 350 g/mol. The van der Waals surface area contributed by atoms with E-state index in [-0.39, 0.29) is 11.8 Å². The van der Waals surface area contributed by atoms with Gasteiger partial charge in [0.1, 0.15) is 11.4 Å². The monoisotopic (exact) mass is 350 g/mol. The molecule has 7 heteroatoms. The summed E-state index contributed by atoms with van der Waals surface area (Å²) in [4.78, 5) is 22.8. The number of carbonyl (C=O) groups excluding carboxylic acids is 1. The maximum Gasteiger partial charge on any atom is 0.233 e. The molecule has 0 unspecified atom stereocenters. The van der Waals surface area contributed by atoms with E-state index in [0.717, 1.165) is 11.3 Å². The molecule has 7 nitrogen and oxygen atoms in total. The Morgan fingerprint density at radius 1 is 1.27 bits per heavy atom. The van der Waals surface area contributed by atoms with Gasteiger partial charge in [-0.3, -0.25) is 9.78 Å². The number of pyridine rings is 1. The number of hydrogen-bond donors (Lipinski definition) is 0. The molecular formula is C19H18N4O3. The van der Waals surface area contributed by atoms with Crippen LogP contribution in [-0.4, -0.2) is 46.1 Å². The molecule has 0 atom stereocenters. The Hall–Kier alpha value is -3.22. The van der Waals surface area contributed by atoms with Crippen LogP contribution in [0.4, 0.5) is 0 Å². The zero-order valence-electron chi connectivity index (χ0n) is 14.3. The third-order valence-corrected chi connectivity index (χ3v) is 4.41. The summed E-state index contributed by atoms with van der Waals surface area (Å²) in [6, 6.07) is 13.1. The van der Waals surface area contributed by atoms with Crippen LogP contribution < -0.4 is 4.74 Å². The van der Waals surface area contributed by atoms with Gasteiger partial charge in [-0.25, -0.2) is 0 Å². The second-order valence-electron chi connectivity index (χ2n) is 6.20. The Bertz CT molecular complexity index is 904. The Balaban J connectivity index is 1.35. The summed E-state index contributed by atoms with van der Waals surface area (Å²) >= 11 is 0. The standard InChI is InChI=1S/C19H18N4O3/c1-25-15-6-4-5-13(9-15)10-17(24)23-11-14(12-23)19-21-18(22-26-19)16-7-2-3-8-20-16/h2-9,14H,10-12H2,1H3. The number of hydrogen-bond acceptors (Lipinski definition) is 6. The average Bonchev–Trinajstić information content (AvgIpc) is 3.11. The van der Waals surface area contributed by atoms with Gasteiger partial charge < -0.3 is 14.2 Å². The summed E-state index contributed by atoms with van der Waals surface area (Å²) in [5, 5.41) is 3.98. The highest BCUT2D eigenvalue weighted by Crippen LogP contribution is 2.28. The van der Waals surface area contributed by atoms with E-state index in [1.807, 2.05) is 42.5 Å². The Morgan fingerprint density at radius 2 is 2.15 bits per heavy atom. The van der Waals surface area contributed by atoms with Crippen molar-refractivity contribution in [2.75, 3.05) is 20.2 Å². The summed E-state index contributed by atoms with van der Waals surface area (Å²) in [6.45, 7) is 1.18. The zero-order valence-corrected chi connectivity index (χ0v) is 14.3. The van der Waals surface area contributed by atoms with Crippen molar-refractivity contribution in [3.8, 4) is 17.3 Å². The molecule has 0 bridgehead atoms. The zero-order chi connectivity index (χ0) is 17.9. The van der Waals surface area contributed by atoms with E-state index >= 15 is 0 Å². The number of ether oxygens (including phenoxy) is 1. The molecule has 0 aliphatic carbocycles. The van der Waals surface area contributed by atoms with Gasteiger partial charge in [-0.15, -0.1) is 0 Å². The molecule has 3 heterocycles. The van der Waals surface area contributed by atoms with Crippen molar-refractivity contribution in [2.24, 2.45) is 0 Å². The highest BCUT2D eigenvalue weighted by molar-refractivity contribution is 5.79. The van der Waals surface area contributed by atoms with Crippen LogP contribution in [-0.2, 0) is 11.2 Å². The minimum atomic E-state index is 0.0780. The van der Waals surface area contributed by atoms with Crippen molar-refractivity contribution in [1.29, 1.82) is 0 Å². The van der Waals surface area contributed by atoms with Crippen LogP contribution in [0.5, 0.6) is 5.75 Å². The van der Waals surface area contributed by atoms with Gasteiger partial charge in [0.2, 0.25) is 17.6 Å². The molecule has 0 spiro atoms.